The van der Waals surface area contributed by atoms with Crippen LogP contribution in [0, 0.1) is 5.82 Å². The van der Waals surface area contributed by atoms with Gasteiger partial charge in [0.1, 0.15) is 11.9 Å². The summed E-state index contributed by atoms with van der Waals surface area (Å²) in [6, 6.07) is 5.16. The van der Waals surface area contributed by atoms with Gasteiger partial charge >= 0.3 is 0 Å². The number of benzene rings is 1. The van der Waals surface area contributed by atoms with Gasteiger partial charge in [0.05, 0.1) is 18.5 Å². The van der Waals surface area contributed by atoms with Gasteiger partial charge in [-0.05, 0) is 37.1 Å². The van der Waals surface area contributed by atoms with Crippen LogP contribution in [0.2, 0.25) is 0 Å². The first-order valence-electron chi connectivity index (χ1n) is 7.00. The van der Waals surface area contributed by atoms with Crippen LogP contribution in [0.5, 0.6) is 0 Å². The minimum atomic E-state index is -3.52. The molecule has 122 valence electrons. The molecule has 0 radical (unpaired) electrons. The van der Waals surface area contributed by atoms with Crippen LogP contribution < -0.4 is 9.62 Å². The number of amides is 1. The smallest absolute Gasteiger partial charge is 0.249 e. The fraction of sp³-hybridized carbons (Fsp3) is 0.500. The highest BCUT2D eigenvalue weighted by Gasteiger charge is 2.24. The van der Waals surface area contributed by atoms with E-state index in [-0.39, 0.29) is 19.0 Å². The zero-order valence-corrected chi connectivity index (χ0v) is 13.1. The van der Waals surface area contributed by atoms with E-state index in [1.165, 1.54) is 24.3 Å². The number of rotatable bonds is 6. The maximum absolute atomic E-state index is 12.9. The third kappa shape index (κ3) is 4.41. The lowest BCUT2D eigenvalue weighted by Crippen LogP contribution is -2.41. The summed E-state index contributed by atoms with van der Waals surface area (Å²) in [6.45, 7) is 0.801. The lowest BCUT2D eigenvalue weighted by Gasteiger charge is -2.23. The van der Waals surface area contributed by atoms with E-state index in [0.717, 1.165) is 17.0 Å². The zero-order chi connectivity index (χ0) is 16.2. The molecule has 22 heavy (non-hydrogen) atoms. The van der Waals surface area contributed by atoms with E-state index >= 15 is 0 Å². The highest BCUT2D eigenvalue weighted by molar-refractivity contribution is 7.92. The van der Waals surface area contributed by atoms with E-state index in [2.05, 4.69) is 5.32 Å². The largest absolute Gasteiger partial charge is 0.368 e. The third-order valence-corrected chi connectivity index (χ3v) is 4.55. The quantitative estimate of drug-likeness (QED) is 0.840. The molecule has 1 aromatic rings. The van der Waals surface area contributed by atoms with Crippen LogP contribution in [0.1, 0.15) is 12.8 Å². The van der Waals surface area contributed by atoms with Crippen molar-refractivity contribution in [2.75, 3.05) is 30.3 Å². The summed E-state index contributed by atoms with van der Waals surface area (Å²) in [4.78, 5) is 11.8. The summed E-state index contributed by atoms with van der Waals surface area (Å²) in [5.74, 6) is -0.672. The standard InChI is InChI=1S/C14H19FN2O4S/c1-22(19,20)17(12-6-4-11(15)5-7-12)9-8-16-14(18)13-3-2-10-21-13/h4-7,13H,2-3,8-10H2,1H3,(H,16,18). The van der Waals surface area contributed by atoms with Crippen molar-refractivity contribution in [3.8, 4) is 0 Å². The Morgan fingerprint density at radius 3 is 2.64 bits per heavy atom. The van der Waals surface area contributed by atoms with Gasteiger partial charge in [0.15, 0.2) is 0 Å². The highest BCUT2D eigenvalue weighted by atomic mass is 32.2. The van der Waals surface area contributed by atoms with E-state index in [1.54, 1.807) is 0 Å². The van der Waals surface area contributed by atoms with Crippen molar-refractivity contribution in [2.45, 2.75) is 18.9 Å². The maximum atomic E-state index is 12.9. The van der Waals surface area contributed by atoms with Crippen LogP contribution in [-0.2, 0) is 19.6 Å². The van der Waals surface area contributed by atoms with Gasteiger partial charge in [0.2, 0.25) is 15.9 Å². The summed E-state index contributed by atoms with van der Waals surface area (Å²) >= 11 is 0. The first-order chi connectivity index (χ1) is 10.4. The van der Waals surface area contributed by atoms with Gasteiger partial charge in [-0.1, -0.05) is 0 Å². The Morgan fingerprint density at radius 2 is 2.09 bits per heavy atom. The first kappa shape index (κ1) is 16.7. The summed E-state index contributed by atoms with van der Waals surface area (Å²) in [7, 11) is -3.52. The summed E-state index contributed by atoms with van der Waals surface area (Å²) in [5, 5.41) is 2.66. The Balaban J connectivity index is 1.96. The molecule has 8 heteroatoms. The molecule has 0 spiro atoms. The first-order valence-corrected chi connectivity index (χ1v) is 8.85. The summed E-state index contributed by atoms with van der Waals surface area (Å²) < 4.78 is 43.0. The Hall–Kier alpha value is -1.67. The second kappa shape index (κ2) is 7.06. The van der Waals surface area contributed by atoms with Crippen LogP contribution in [0.25, 0.3) is 0 Å². The average molecular weight is 330 g/mol. The van der Waals surface area contributed by atoms with Gasteiger partial charge in [-0.15, -0.1) is 0 Å². The molecule has 1 aliphatic heterocycles. The Morgan fingerprint density at radius 1 is 1.41 bits per heavy atom. The van der Waals surface area contributed by atoms with Crippen molar-refractivity contribution in [1.82, 2.24) is 5.32 Å². The predicted octanol–water partition coefficient (Wildman–Crippen LogP) is 0.887. The molecule has 1 fully saturated rings. The molecule has 0 saturated carbocycles. The van der Waals surface area contributed by atoms with Crippen molar-refractivity contribution in [2.24, 2.45) is 0 Å². The molecule has 1 unspecified atom stereocenters. The van der Waals surface area contributed by atoms with Crippen LogP contribution in [0.4, 0.5) is 10.1 Å². The van der Waals surface area contributed by atoms with Gasteiger partial charge in [0, 0.05) is 13.2 Å². The lowest BCUT2D eigenvalue weighted by molar-refractivity contribution is -0.129. The Labute approximate surface area is 129 Å². The lowest BCUT2D eigenvalue weighted by atomic mass is 10.2. The van der Waals surface area contributed by atoms with Gasteiger partial charge in [-0.3, -0.25) is 9.10 Å². The molecule has 0 bridgehead atoms. The molecule has 1 atom stereocenters. The van der Waals surface area contributed by atoms with E-state index < -0.39 is 21.9 Å². The zero-order valence-electron chi connectivity index (χ0n) is 12.3. The Kier molecular flexibility index (Phi) is 5.36. The number of sulfonamides is 1. The number of ether oxygens (including phenoxy) is 1. The minimum Gasteiger partial charge on any atom is -0.368 e. The molecule has 0 aromatic heterocycles. The monoisotopic (exact) mass is 330 g/mol. The topological polar surface area (TPSA) is 75.7 Å². The number of anilines is 1. The number of carbonyl (C=O) groups is 1. The molecule has 2 rings (SSSR count). The molecule has 1 saturated heterocycles. The molecule has 1 aromatic carbocycles. The van der Waals surface area contributed by atoms with E-state index in [1.807, 2.05) is 0 Å². The minimum absolute atomic E-state index is 0.0723. The number of carbonyl (C=O) groups excluding carboxylic acids is 1. The van der Waals surface area contributed by atoms with Crippen molar-refractivity contribution in [1.29, 1.82) is 0 Å². The normalized spacial score (nSPS) is 18.2. The van der Waals surface area contributed by atoms with Crippen LogP contribution in [0.3, 0.4) is 0 Å². The SMILES string of the molecule is CS(=O)(=O)N(CCNC(=O)C1CCCO1)c1ccc(F)cc1. The highest BCUT2D eigenvalue weighted by Crippen LogP contribution is 2.17. The number of halogens is 1. The molecule has 6 nitrogen and oxygen atoms in total. The number of hydrogen-bond donors (Lipinski definition) is 1. The van der Waals surface area contributed by atoms with Gasteiger partial charge < -0.3 is 10.1 Å². The number of hydrogen-bond acceptors (Lipinski definition) is 4. The van der Waals surface area contributed by atoms with Crippen molar-refractivity contribution in [3.05, 3.63) is 30.1 Å². The second-order valence-corrected chi connectivity index (χ2v) is 7.01. The maximum Gasteiger partial charge on any atom is 0.249 e. The summed E-state index contributed by atoms with van der Waals surface area (Å²) in [5.41, 5.74) is 0.357. The molecule has 1 heterocycles. The van der Waals surface area contributed by atoms with E-state index in [9.17, 15) is 17.6 Å². The second-order valence-electron chi connectivity index (χ2n) is 5.10. The van der Waals surface area contributed by atoms with Crippen molar-refractivity contribution in [3.63, 3.8) is 0 Å². The fourth-order valence-corrected chi connectivity index (χ4v) is 3.20. The van der Waals surface area contributed by atoms with Crippen molar-refractivity contribution < 1.29 is 22.3 Å². The van der Waals surface area contributed by atoms with E-state index in [0.29, 0.717) is 18.7 Å². The molecular formula is C14H19FN2O4S. The third-order valence-electron chi connectivity index (χ3n) is 3.35. The molecule has 1 N–H and O–H groups in total. The van der Waals surface area contributed by atoms with Crippen LogP contribution in [0.15, 0.2) is 24.3 Å². The predicted molar refractivity (Wildman–Crippen MR) is 80.6 cm³/mol. The number of nitrogens with zero attached hydrogens (tertiary/aromatic N) is 1. The number of nitrogens with one attached hydrogen (secondary N) is 1. The molecular weight excluding hydrogens is 311 g/mol. The average Bonchev–Trinajstić information content (AvgIpc) is 2.97. The van der Waals surface area contributed by atoms with Gasteiger partial charge in [0.25, 0.3) is 0 Å². The molecule has 0 aliphatic carbocycles. The van der Waals surface area contributed by atoms with Crippen LogP contribution >= 0.6 is 0 Å². The molecule has 1 aliphatic rings. The van der Waals surface area contributed by atoms with Gasteiger partial charge in [-0.2, -0.15) is 0 Å². The Bertz CT molecular complexity index is 612. The van der Waals surface area contributed by atoms with Crippen LogP contribution in [-0.4, -0.2) is 46.4 Å². The summed E-state index contributed by atoms with van der Waals surface area (Å²) in [6.07, 6.45) is 2.15. The van der Waals surface area contributed by atoms with Gasteiger partial charge in [-0.25, -0.2) is 12.8 Å². The van der Waals surface area contributed by atoms with Crippen molar-refractivity contribution >= 4 is 21.6 Å². The fourth-order valence-electron chi connectivity index (χ4n) is 2.27. The van der Waals surface area contributed by atoms with E-state index in [4.69, 9.17) is 4.74 Å². The molecule has 1 amide bonds.